The Morgan fingerprint density at radius 2 is 1.91 bits per heavy atom. The number of carbonyl (C=O) groups is 2. The Hall–Kier alpha value is -1.15. The monoisotopic (exact) mass is 334 g/mol. The molecule has 0 saturated carbocycles. The highest BCUT2D eigenvalue weighted by Crippen LogP contribution is 2.23. The molecule has 22 heavy (non-hydrogen) atoms. The molecule has 0 aromatic carbocycles. The lowest BCUT2D eigenvalue weighted by atomic mass is 9.89. The van der Waals surface area contributed by atoms with Gasteiger partial charge in [-0.2, -0.15) is 4.31 Å². The van der Waals surface area contributed by atoms with E-state index < -0.39 is 27.4 Å². The minimum absolute atomic E-state index is 0.0789. The van der Waals surface area contributed by atoms with E-state index in [2.05, 4.69) is 5.32 Å². The van der Waals surface area contributed by atoms with Crippen LogP contribution in [0.25, 0.3) is 0 Å². The van der Waals surface area contributed by atoms with Gasteiger partial charge < -0.3 is 10.4 Å². The lowest BCUT2D eigenvalue weighted by Gasteiger charge is -2.29. The Labute approximate surface area is 132 Å². The SMILES string of the molecule is CC(C)C(C(=O)NCCC(C)(C)C(=O)O)N1CCCS1(=O)=O. The van der Waals surface area contributed by atoms with Gasteiger partial charge >= 0.3 is 5.97 Å². The number of aliphatic carboxylic acids is 1. The maximum atomic E-state index is 12.4. The van der Waals surface area contributed by atoms with Gasteiger partial charge in [0, 0.05) is 13.1 Å². The molecule has 0 bridgehead atoms. The molecule has 0 aromatic heterocycles. The van der Waals surface area contributed by atoms with Gasteiger partial charge in [0.1, 0.15) is 6.04 Å². The molecule has 1 heterocycles. The summed E-state index contributed by atoms with van der Waals surface area (Å²) in [5, 5.41) is 11.7. The first-order valence-electron chi connectivity index (χ1n) is 7.49. The fourth-order valence-corrected chi connectivity index (χ4v) is 4.27. The molecule has 128 valence electrons. The third kappa shape index (κ3) is 4.42. The fraction of sp³-hybridized carbons (Fsp3) is 0.857. The normalized spacial score (nSPS) is 20.0. The van der Waals surface area contributed by atoms with E-state index in [4.69, 9.17) is 5.11 Å². The first kappa shape index (κ1) is 18.9. The van der Waals surface area contributed by atoms with Crippen LogP contribution < -0.4 is 5.32 Å². The van der Waals surface area contributed by atoms with E-state index >= 15 is 0 Å². The highest BCUT2D eigenvalue weighted by molar-refractivity contribution is 7.89. The first-order valence-corrected chi connectivity index (χ1v) is 9.10. The Bertz CT molecular complexity index is 527. The van der Waals surface area contributed by atoms with Gasteiger partial charge in [-0.1, -0.05) is 13.8 Å². The maximum Gasteiger partial charge on any atom is 0.309 e. The molecular formula is C14H26N2O5S. The number of hydrogen-bond donors (Lipinski definition) is 2. The summed E-state index contributed by atoms with van der Waals surface area (Å²) in [6, 6.07) is -0.736. The average molecular weight is 334 g/mol. The van der Waals surface area contributed by atoms with Crippen molar-refractivity contribution < 1.29 is 23.1 Å². The van der Waals surface area contributed by atoms with Gasteiger partial charge in [0.05, 0.1) is 11.2 Å². The Balaban J connectivity index is 2.70. The molecule has 1 aliphatic heterocycles. The van der Waals surface area contributed by atoms with Crippen molar-refractivity contribution in [3.05, 3.63) is 0 Å². The Kier molecular flexibility index (Phi) is 5.97. The van der Waals surface area contributed by atoms with Crippen LogP contribution in [-0.2, 0) is 19.6 Å². The van der Waals surface area contributed by atoms with Gasteiger partial charge in [-0.3, -0.25) is 9.59 Å². The summed E-state index contributed by atoms with van der Waals surface area (Å²) in [7, 11) is -3.36. The first-order chi connectivity index (χ1) is 9.99. The number of rotatable bonds is 7. The van der Waals surface area contributed by atoms with Crippen molar-refractivity contribution in [1.29, 1.82) is 0 Å². The molecule has 1 amide bonds. The van der Waals surface area contributed by atoms with Crippen molar-refractivity contribution >= 4 is 21.9 Å². The molecule has 0 spiro atoms. The summed E-state index contributed by atoms with van der Waals surface area (Å²) in [4.78, 5) is 23.4. The summed E-state index contributed by atoms with van der Waals surface area (Å²) in [5.74, 6) is -1.36. The zero-order valence-electron chi connectivity index (χ0n) is 13.6. The lowest BCUT2D eigenvalue weighted by molar-refractivity contribution is -0.147. The van der Waals surface area contributed by atoms with Gasteiger partial charge in [-0.15, -0.1) is 0 Å². The van der Waals surface area contributed by atoms with Crippen molar-refractivity contribution in [3.8, 4) is 0 Å². The van der Waals surface area contributed by atoms with Crippen molar-refractivity contribution in [3.63, 3.8) is 0 Å². The Morgan fingerprint density at radius 1 is 1.32 bits per heavy atom. The molecule has 2 N–H and O–H groups in total. The summed E-state index contributed by atoms with van der Waals surface area (Å²) >= 11 is 0. The zero-order valence-corrected chi connectivity index (χ0v) is 14.4. The highest BCUT2D eigenvalue weighted by atomic mass is 32.2. The molecule has 1 rings (SSSR count). The van der Waals surface area contributed by atoms with Crippen molar-refractivity contribution in [2.24, 2.45) is 11.3 Å². The van der Waals surface area contributed by atoms with Crippen LogP contribution in [0.15, 0.2) is 0 Å². The van der Waals surface area contributed by atoms with E-state index in [1.807, 2.05) is 0 Å². The predicted octanol–water partition coefficient (Wildman–Crippen LogP) is 0.664. The molecule has 0 radical (unpaired) electrons. The van der Waals surface area contributed by atoms with Crippen LogP contribution in [0.3, 0.4) is 0 Å². The standard InChI is InChI=1S/C14H26N2O5S/c1-10(2)11(16-8-5-9-22(16,20)21)12(17)15-7-6-14(3,4)13(18)19/h10-11H,5-9H2,1-4H3,(H,15,17)(H,18,19). The summed E-state index contributed by atoms with van der Waals surface area (Å²) < 4.78 is 25.3. The predicted molar refractivity (Wildman–Crippen MR) is 82.8 cm³/mol. The van der Waals surface area contributed by atoms with E-state index in [1.165, 1.54) is 4.31 Å². The molecule has 7 nitrogen and oxygen atoms in total. The van der Waals surface area contributed by atoms with Crippen LogP contribution >= 0.6 is 0 Å². The van der Waals surface area contributed by atoms with Crippen LogP contribution in [0.1, 0.15) is 40.5 Å². The van der Waals surface area contributed by atoms with Crippen LogP contribution in [0.5, 0.6) is 0 Å². The summed E-state index contributed by atoms with van der Waals surface area (Å²) in [5.41, 5.74) is -0.930. The van der Waals surface area contributed by atoms with Gasteiger partial charge in [0.2, 0.25) is 15.9 Å². The number of nitrogens with zero attached hydrogens (tertiary/aromatic N) is 1. The van der Waals surface area contributed by atoms with E-state index in [9.17, 15) is 18.0 Å². The number of carboxylic acid groups (broad SMARTS) is 1. The quantitative estimate of drug-likeness (QED) is 0.712. The van der Waals surface area contributed by atoms with E-state index in [0.29, 0.717) is 13.0 Å². The molecule has 1 saturated heterocycles. The van der Waals surface area contributed by atoms with Crippen LogP contribution in [0, 0.1) is 11.3 Å². The van der Waals surface area contributed by atoms with Crippen molar-refractivity contribution in [1.82, 2.24) is 9.62 Å². The van der Waals surface area contributed by atoms with E-state index in [0.717, 1.165) is 0 Å². The molecule has 0 aromatic rings. The second-order valence-corrected chi connectivity index (χ2v) is 8.74. The summed E-state index contributed by atoms with van der Waals surface area (Å²) in [6.07, 6.45) is 0.816. The number of carbonyl (C=O) groups excluding carboxylic acids is 1. The molecule has 1 fully saturated rings. The number of amides is 1. The van der Waals surface area contributed by atoms with Gasteiger partial charge in [-0.25, -0.2) is 8.42 Å². The Morgan fingerprint density at radius 3 is 2.32 bits per heavy atom. The number of hydrogen-bond acceptors (Lipinski definition) is 4. The van der Waals surface area contributed by atoms with Crippen LogP contribution in [0.2, 0.25) is 0 Å². The number of nitrogens with one attached hydrogen (secondary N) is 1. The topological polar surface area (TPSA) is 104 Å². The average Bonchev–Trinajstić information content (AvgIpc) is 2.68. The maximum absolute atomic E-state index is 12.4. The summed E-state index contributed by atoms with van der Waals surface area (Å²) in [6.45, 7) is 7.35. The van der Waals surface area contributed by atoms with Gasteiger partial charge in [-0.05, 0) is 32.6 Å². The van der Waals surface area contributed by atoms with Crippen LogP contribution in [0.4, 0.5) is 0 Å². The van der Waals surface area contributed by atoms with Gasteiger partial charge in [0.25, 0.3) is 0 Å². The molecule has 1 atom stereocenters. The molecule has 1 unspecified atom stereocenters. The minimum atomic E-state index is -3.36. The highest BCUT2D eigenvalue weighted by Gasteiger charge is 2.40. The molecule has 8 heteroatoms. The third-order valence-electron chi connectivity index (χ3n) is 3.98. The number of sulfonamides is 1. The van der Waals surface area contributed by atoms with E-state index in [1.54, 1.807) is 27.7 Å². The molecule has 0 aliphatic carbocycles. The molecular weight excluding hydrogens is 308 g/mol. The fourth-order valence-electron chi connectivity index (χ4n) is 2.45. The lowest BCUT2D eigenvalue weighted by Crippen LogP contribution is -2.51. The molecule has 1 aliphatic rings. The number of carboxylic acids is 1. The van der Waals surface area contributed by atoms with Crippen molar-refractivity contribution in [2.45, 2.75) is 46.6 Å². The minimum Gasteiger partial charge on any atom is -0.481 e. The van der Waals surface area contributed by atoms with Gasteiger partial charge in [0.15, 0.2) is 0 Å². The third-order valence-corrected chi connectivity index (χ3v) is 5.91. The largest absolute Gasteiger partial charge is 0.481 e. The van der Waals surface area contributed by atoms with Crippen LogP contribution in [-0.4, -0.2) is 54.6 Å². The second kappa shape index (κ2) is 6.95. The zero-order chi connectivity index (χ0) is 17.1. The van der Waals surface area contributed by atoms with Crippen molar-refractivity contribution in [2.75, 3.05) is 18.8 Å². The smallest absolute Gasteiger partial charge is 0.309 e. The second-order valence-electron chi connectivity index (χ2n) is 6.70. The van der Waals surface area contributed by atoms with E-state index in [-0.39, 0.29) is 30.5 Å².